The number of rotatable bonds is 4. The lowest BCUT2D eigenvalue weighted by Crippen LogP contribution is -2.23. The van der Waals surface area contributed by atoms with Crippen molar-refractivity contribution in [1.29, 1.82) is 0 Å². The van der Waals surface area contributed by atoms with E-state index in [1.54, 1.807) is 11.8 Å². The number of carbonyl (C=O) groups is 1. The van der Waals surface area contributed by atoms with Crippen LogP contribution >= 0.6 is 0 Å². The predicted octanol–water partition coefficient (Wildman–Crippen LogP) is 2.62. The number of hydrogen-bond donors (Lipinski definition) is 0. The zero-order chi connectivity index (χ0) is 11.3. The molecular weight excluding hydrogens is 186 g/mol. The maximum Gasteiger partial charge on any atom is 0.219 e. The first-order chi connectivity index (χ1) is 7.15. The zero-order valence-electron chi connectivity index (χ0n) is 9.79. The largest absolute Gasteiger partial charge is 0.342 e. The molecule has 1 aromatic carbocycles. The molecule has 0 unspecified atom stereocenters. The minimum atomic E-state index is 0.112. The molecule has 0 saturated heterocycles. The number of hydrogen-bond acceptors (Lipinski definition) is 1. The molecule has 2 heteroatoms. The number of aryl methyl sites for hydroxylation is 1. The van der Waals surface area contributed by atoms with Gasteiger partial charge >= 0.3 is 0 Å². The highest BCUT2D eigenvalue weighted by Crippen LogP contribution is 2.13. The summed E-state index contributed by atoms with van der Waals surface area (Å²) in [7, 11) is 1.84. The summed E-state index contributed by atoms with van der Waals surface area (Å²) in [4.78, 5) is 12.9. The monoisotopic (exact) mass is 205 g/mol. The van der Waals surface area contributed by atoms with Crippen molar-refractivity contribution in [2.75, 3.05) is 7.05 Å². The van der Waals surface area contributed by atoms with E-state index in [2.05, 4.69) is 25.1 Å². The van der Waals surface area contributed by atoms with Gasteiger partial charge in [-0.15, -0.1) is 0 Å². The van der Waals surface area contributed by atoms with Gasteiger partial charge in [0, 0.05) is 20.5 Å². The Labute approximate surface area is 91.9 Å². The van der Waals surface area contributed by atoms with Gasteiger partial charge in [-0.2, -0.15) is 0 Å². The fourth-order valence-electron chi connectivity index (χ4n) is 1.59. The quantitative estimate of drug-likeness (QED) is 0.740. The fraction of sp³-hybridized carbons (Fsp3) is 0.462. The predicted molar refractivity (Wildman–Crippen MR) is 62.6 cm³/mol. The second-order valence-corrected chi connectivity index (χ2v) is 3.89. The highest BCUT2D eigenvalue weighted by atomic mass is 16.2. The van der Waals surface area contributed by atoms with Crippen LogP contribution in [0.3, 0.4) is 0 Å². The molecule has 1 aromatic rings. The van der Waals surface area contributed by atoms with E-state index in [0.29, 0.717) is 6.54 Å². The minimum Gasteiger partial charge on any atom is -0.342 e. The van der Waals surface area contributed by atoms with E-state index >= 15 is 0 Å². The van der Waals surface area contributed by atoms with Crippen molar-refractivity contribution in [3.8, 4) is 0 Å². The van der Waals surface area contributed by atoms with Gasteiger partial charge in [0.15, 0.2) is 0 Å². The van der Waals surface area contributed by atoms with Gasteiger partial charge in [-0.05, 0) is 17.5 Å². The third-order valence-corrected chi connectivity index (χ3v) is 2.58. The third kappa shape index (κ3) is 3.39. The first kappa shape index (κ1) is 11.8. The summed E-state index contributed by atoms with van der Waals surface area (Å²) in [5, 5.41) is 0. The molecule has 15 heavy (non-hydrogen) atoms. The van der Waals surface area contributed by atoms with Crippen LogP contribution in [0.15, 0.2) is 24.3 Å². The molecule has 0 atom stereocenters. The molecule has 1 amide bonds. The van der Waals surface area contributed by atoms with Crippen LogP contribution < -0.4 is 0 Å². The normalized spacial score (nSPS) is 10.1. The van der Waals surface area contributed by atoms with Crippen molar-refractivity contribution in [2.45, 2.75) is 33.2 Å². The number of nitrogens with zero attached hydrogens (tertiary/aromatic N) is 1. The summed E-state index contributed by atoms with van der Waals surface area (Å²) < 4.78 is 0. The van der Waals surface area contributed by atoms with Crippen molar-refractivity contribution >= 4 is 5.91 Å². The Morgan fingerprint density at radius 3 is 2.40 bits per heavy atom. The second-order valence-electron chi connectivity index (χ2n) is 3.89. The number of carbonyl (C=O) groups excluding carboxylic acids is 1. The van der Waals surface area contributed by atoms with E-state index in [9.17, 15) is 4.79 Å². The van der Waals surface area contributed by atoms with E-state index in [-0.39, 0.29) is 5.91 Å². The Morgan fingerprint density at radius 1 is 1.27 bits per heavy atom. The van der Waals surface area contributed by atoms with Crippen LogP contribution in [0.25, 0.3) is 0 Å². The average Bonchev–Trinajstić information content (AvgIpc) is 2.21. The molecule has 2 nitrogen and oxygen atoms in total. The van der Waals surface area contributed by atoms with E-state index in [0.717, 1.165) is 12.8 Å². The lowest BCUT2D eigenvalue weighted by atomic mass is 10.0. The molecule has 0 fully saturated rings. The summed E-state index contributed by atoms with van der Waals surface area (Å²) in [5.74, 6) is 0.112. The third-order valence-electron chi connectivity index (χ3n) is 2.58. The van der Waals surface area contributed by atoms with E-state index in [4.69, 9.17) is 0 Å². The van der Waals surface area contributed by atoms with E-state index in [1.807, 2.05) is 13.1 Å². The lowest BCUT2D eigenvalue weighted by molar-refractivity contribution is -0.128. The molecule has 0 aliphatic heterocycles. The van der Waals surface area contributed by atoms with Gasteiger partial charge in [-0.25, -0.2) is 0 Å². The van der Waals surface area contributed by atoms with Gasteiger partial charge in [-0.1, -0.05) is 37.6 Å². The highest BCUT2D eigenvalue weighted by Gasteiger charge is 2.06. The molecule has 0 aliphatic rings. The van der Waals surface area contributed by atoms with Crippen LogP contribution in [0.2, 0.25) is 0 Å². The minimum absolute atomic E-state index is 0.112. The van der Waals surface area contributed by atoms with Crippen molar-refractivity contribution < 1.29 is 4.79 Å². The topological polar surface area (TPSA) is 20.3 Å². The summed E-state index contributed by atoms with van der Waals surface area (Å²) in [6.07, 6.45) is 2.22. The van der Waals surface area contributed by atoms with Crippen LogP contribution in [-0.2, 0) is 17.8 Å². The van der Waals surface area contributed by atoms with Gasteiger partial charge in [0.1, 0.15) is 0 Å². The zero-order valence-corrected chi connectivity index (χ0v) is 9.79. The Bertz CT molecular complexity index is 333. The average molecular weight is 205 g/mol. The highest BCUT2D eigenvalue weighted by molar-refractivity contribution is 5.72. The molecule has 1 rings (SSSR count). The summed E-state index contributed by atoms with van der Waals surface area (Å²) in [6, 6.07) is 8.34. The molecule has 0 bridgehead atoms. The van der Waals surface area contributed by atoms with Crippen LogP contribution in [0.5, 0.6) is 0 Å². The molecule has 82 valence electrons. The molecule has 0 heterocycles. The molecule has 0 aromatic heterocycles. The first-order valence-electron chi connectivity index (χ1n) is 5.43. The SMILES string of the molecule is CCCc1ccccc1CN(C)C(C)=O. The van der Waals surface area contributed by atoms with Crippen molar-refractivity contribution in [1.82, 2.24) is 4.90 Å². The smallest absolute Gasteiger partial charge is 0.219 e. The van der Waals surface area contributed by atoms with Gasteiger partial charge in [0.2, 0.25) is 5.91 Å². The standard InChI is InChI=1S/C13H19NO/c1-4-7-12-8-5-6-9-13(12)10-14(3)11(2)15/h5-6,8-9H,4,7,10H2,1-3H3. The van der Waals surface area contributed by atoms with Crippen LogP contribution in [0.4, 0.5) is 0 Å². The molecular formula is C13H19NO. The van der Waals surface area contributed by atoms with Crippen molar-refractivity contribution in [2.24, 2.45) is 0 Å². The van der Waals surface area contributed by atoms with E-state index < -0.39 is 0 Å². The van der Waals surface area contributed by atoms with Crippen molar-refractivity contribution in [3.05, 3.63) is 35.4 Å². The van der Waals surface area contributed by atoms with E-state index in [1.165, 1.54) is 11.1 Å². The van der Waals surface area contributed by atoms with Gasteiger partial charge in [0.25, 0.3) is 0 Å². The maximum atomic E-state index is 11.1. The molecule has 0 N–H and O–H groups in total. The van der Waals surface area contributed by atoms with Crippen LogP contribution in [-0.4, -0.2) is 17.9 Å². The van der Waals surface area contributed by atoms with Crippen LogP contribution in [0.1, 0.15) is 31.4 Å². The Hall–Kier alpha value is -1.31. The Balaban J connectivity index is 2.79. The summed E-state index contributed by atoms with van der Waals surface area (Å²) in [5.41, 5.74) is 2.62. The summed E-state index contributed by atoms with van der Waals surface area (Å²) >= 11 is 0. The van der Waals surface area contributed by atoms with Gasteiger partial charge in [0.05, 0.1) is 0 Å². The second kappa shape index (κ2) is 5.54. The maximum absolute atomic E-state index is 11.1. The van der Waals surface area contributed by atoms with Gasteiger partial charge in [-0.3, -0.25) is 4.79 Å². The Morgan fingerprint density at radius 2 is 1.87 bits per heavy atom. The lowest BCUT2D eigenvalue weighted by Gasteiger charge is -2.17. The van der Waals surface area contributed by atoms with Crippen LogP contribution in [0, 0.1) is 0 Å². The molecule has 0 spiro atoms. The molecule has 0 aliphatic carbocycles. The number of amides is 1. The Kier molecular flexibility index (Phi) is 4.35. The van der Waals surface area contributed by atoms with Gasteiger partial charge < -0.3 is 4.90 Å². The molecule has 0 radical (unpaired) electrons. The fourth-order valence-corrected chi connectivity index (χ4v) is 1.59. The molecule has 0 saturated carbocycles. The first-order valence-corrected chi connectivity index (χ1v) is 5.43. The van der Waals surface area contributed by atoms with Crippen molar-refractivity contribution in [3.63, 3.8) is 0 Å². The summed E-state index contributed by atoms with van der Waals surface area (Å²) in [6.45, 7) is 4.49. The number of benzene rings is 1.